The third kappa shape index (κ3) is 3.08. The smallest absolute Gasteiger partial charge is 0.256 e. The zero-order valence-corrected chi connectivity index (χ0v) is 13.2. The van der Waals surface area contributed by atoms with Crippen molar-refractivity contribution >= 4 is 11.8 Å². The first kappa shape index (κ1) is 15.9. The highest BCUT2D eigenvalue weighted by Gasteiger charge is 2.43. The molecule has 1 fully saturated rings. The molecule has 2 amide bonds. The van der Waals surface area contributed by atoms with E-state index in [-0.39, 0.29) is 24.2 Å². The van der Waals surface area contributed by atoms with E-state index < -0.39 is 5.60 Å². The van der Waals surface area contributed by atoms with Gasteiger partial charge in [0.05, 0.1) is 6.54 Å². The van der Waals surface area contributed by atoms with Gasteiger partial charge < -0.3 is 14.9 Å². The third-order valence-corrected chi connectivity index (χ3v) is 4.78. The Bertz CT molecular complexity index is 649. The number of hydrogen-bond donors (Lipinski definition) is 1. The molecule has 1 saturated heterocycles. The summed E-state index contributed by atoms with van der Waals surface area (Å²) in [6.45, 7) is 2.90. The molecule has 1 aromatic carbocycles. The molecule has 1 N–H and O–H groups in total. The predicted octanol–water partition coefficient (Wildman–Crippen LogP) is 1.08. The summed E-state index contributed by atoms with van der Waals surface area (Å²) in [4.78, 5) is 27.5. The van der Waals surface area contributed by atoms with Crippen LogP contribution in [0.2, 0.25) is 0 Å². The Balaban J connectivity index is 1.75. The largest absolute Gasteiger partial charge is 0.378 e. The van der Waals surface area contributed by atoms with Gasteiger partial charge in [0.15, 0.2) is 5.60 Å². The number of likely N-dealkylation sites (tertiary alicyclic amines) is 1. The van der Waals surface area contributed by atoms with Crippen LogP contribution in [0.4, 0.5) is 4.39 Å². The highest BCUT2D eigenvalue weighted by Crippen LogP contribution is 2.27. The molecule has 2 aliphatic rings. The lowest BCUT2D eigenvalue weighted by Crippen LogP contribution is -2.59. The van der Waals surface area contributed by atoms with Gasteiger partial charge in [0, 0.05) is 26.6 Å². The number of amides is 2. The molecular weight excluding hydrogens is 299 g/mol. The molecule has 0 unspecified atom stereocenters. The van der Waals surface area contributed by atoms with Crippen LogP contribution in [0.1, 0.15) is 30.9 Å². The molecule has 23 heavy (non-hydrogen) atoms. The van der Waals surface area contributed by atoms with Crippen molar-refractivity contribution in [2.75, 3.05) is 19.6 Å². The predicted molar refractivity (Wildman–Crippen MR) is 82.0 cm³/mol. The molecule has 2 heterocycles. The topological polar surface area (TPSA) is 60.9 Å². The SMILES string of the molecule is CC(=O)N1CCC[C@](O)(C(=O)N2CCc3cc(F)ccc3C2)C1. The lowest BCUT2D eigenvalue weighted by atomic mass is 9.89. The van der Waals surface area contributed by atoms with Crippen molar-refractivity contribution in [1.29, 1.82) is 0 Å². The standard InChI is InChI=1S/C17H21FN2O3/c1-12(21)20-7-2-6-17(23,11-20)16(22)19-8-5-13-9-15(18)4-3-14(13)10-19/h3-4,9,23H,2,5-8,10-11H2,1H3/t17-/m1/s1. The molecule has 0 radical (unpaired) electrons. The quantitative estimate of drug-likeness (QED) is 0.842. The second kappa shape index (κ2) is 5.92. The average molecular weight is 320 g/mol. The van der Waals surface area contributed by atoms with E-state index in [2.05, 4.69) is 0 Å². The van der Waals surface area contributed by atoms with Gasteiger partial charge in [0.2, 0.25) is 5.91 Å². The van der Waals surface area contributed by atoms with E-state index in [9.17, 15) is 19.1 Å². The zero-order chi connectivity index (χ0) is 16.6. The van der Waals surface area contributed by atoms with Crippen LogP contribution in [-0.4, -0.2) is 52.0 Å². The molecule has 124 valence electrons. The fourth-order valence-electron chi connectivity index (χ4n) is 3.47. The maximum absolute atomic E-state index is 13.3. The minimum Gasteiger partial charge on any atom is -0.378 e. The van der Waals surface area contributed by atoms with E-state index in [1.807, 2.05) is 0 Å². The van der Waals surface area contributed by atoms with Crippen molar-refractivity contribution in [1.82, 2.24) is 9.80 Å². The lowest BCUT2D eigenvalue weighted by molar-refractivity contribution is -0.160. The minimum atomic E-state index is -1.51. The molecule has 6 heteroatoms. The second-order valence-corrected chi connectivity index (χ2v) is 6.47. The number of β-amino-alcohol motifs (C(OH)–C–C–N with tert-alkyl or cyclic N) is 1. The number of aliphatic hydroxyl groups is 1. The molecule has 0 aromatic heterocycles. The number of halogens is 1. The van der Waals surface area contributed by atoms with E-state index in [1.165, 1.54) is 24.0 Å². The van der Waals surface area contributed by atoms with Crippen molar-refractivity contribution < 1.29 is 19.1 Å². The van der Waals surface area contributed by atoms with Crippen molar-refractivity contribution in [2.45, 2.75) is 38.3 Å². The summed E-state index contributed by atoms with van der Waals surface area (Å²) in [7, 11) is 0. The molecule has 0 bridgehead atoms. The monoisotopic (exact) mass is 320 g/mol. The van der Waals surface area contributed by atoms with E-state index in [4.69, 9.17) is 0 Å². The van der Waals surface area contributed by atoms with Crippen LogP contribution in [0, 0.1) is 5.82 Å². The van der Waals surface area contributed by atoms with Gasteiger partial charge in [-0.05, 0) is 42.5 Å². The summed E-state index contributed by atoms with van der Waals surface area (Å²) in [6, 6.07) is 4.58. The maximum Gasteiger partial charge on any atom is 0.256 e. The Kier molecular flexibility index (Phi) is 4.10. The van der Waals surface area contributed by atoms with Gasteiger partial charge in [-0.3, -0.25) is 9.59 Å². The first-order valence-electron chi connectivity index (χ1n) is 7.94. The molecule has 0 spiro atoms. The summed E-state index contributed by atoms with van der Waals surface area (Å²) in [5.41, 5.74) is 0.311. The van der Waals surface area contributed by atoms with Gasteiger partial charge in [-0.2, -0.15) is 0 Å². The number of rotatable bonds is 1. The number of carbonyl (C=O) groups excluding carboxylic acids is 2. The Morgan fingerprint density at radius 2 is 2.00 bits per heavy atom. The highest BCUT2D eigenvalue weighted by molar-refractivity contribution is 5.86. The molecule has 5 nitrogen and oxygen atoms in total. The number of nitrogens with zero attached hydrogens (tertiary/aromatic N) is 2. The highest BCUT2D eigenvalue weighted by atomic mass is 19.1. The van der Waals surface area contributed by atoms with Gasteiger partial charge in [-0.15, -0.1) is 0 Å². The average Bonchev–Trinajstić information content (AvgIpc) is 2.53. The van der Waals surface area contributed by atoms with E-state index in [0.29, 0.717) is 38.9 Å². The second-order valence-electron chi connectivity index (χ2n) is 6.47. The molecule has 1 aromatic rings. The molecule has 0 aliphatic carbocycles. The van der Waals surface area contributed by atoms with Crippen LogP contribution < -0.4 is 0 Å². The van der Waals surface area contributed by atoms with Crippen molar-refractivity contribution in [3.8, 4) is 0 Å². The van der Waals surface area contributed by atoms with Crippen molar-refractivity contribution in [3.63, 3.8) is 0 Å². The van der Waals surface area contributed by atoms with Crippen LogP contribution >= 0.6 is 0 Å². The van der Waals surface area contributed by atoms with Gasteiger partial charge >= 0.3 is 0 Å². The number of piperidine rings is 1. The summed E-state index contributed by atoms with van der Waals surface area (Å²) >= 11 is 0. The molecule has 3 rings (SSSR count). The number of carbonyl (C=O) groups is 2. The fourth-order valence-corrected chi connectivity index (χ4v) is 3.47. The van der Waals surface area contributed by atoms with Gasteiger partial charge in [0.25, 0.3) is 5.91 Å². The van der Waals surface area contributed by atoms with Crippen LogP contribution in [-0.2, 0) is 22.6 Å². The first-order chi connectivity index (χ1) is 10.9. The summed E-state index contributed by atoms with van der Waals surface area (Å²) < 4.78 is 13.3. The van der Waals surface area contributed by atoms with E-state index >= 15 is 0 Å². The molecule has 2 aliphatic heterocycles. The summed E-state index contributed by atoms with van der Waals surface area (Å²) in [6.07, 6.45) is 1.55. The Hall–Kier alpha value is -1.95. The third-order valence-electron chi connectivity index (χ3n) is 4.78. The fraction of sp³-hybridized carbons (Fsp3) is 0.529. The van der Waals surface area contributed by atoms with Gasteiger partial charge in [0.1, 0.15) is 5.82 Å². The lowest BCUT2D eigenvalue weighted by Gasteiger charge is -2.41. The molecular formula is C17H21FN2O3. The van der Waals surface area contributed by atoms with Crippen LogP contribution in [0.5, 0.6) is 0 Å². The minimum absolute atomic E-state index is 0.0495. The summed E-state index contributed by atoms with van der Waals surface area (Å²) in [5, 5.41) is 10.8. The molecule has 0 saturated carbocycles. The van der Waals surface area contributed by atoms with E-state index in [1.54, 1.807) is 11.0 Å². The van der Waals surface area contributed by atoms with Gasteiger partial charge in [-0.1, -0.05) is 6.07 Å². The number of fused-ring (bicyclic) bond motifs is 1. The summed E-state index contributed by atoms with van der Waals surface area (Å²) in [5.74, 6) is -0.736. The van der Waals surface area contributed by atoms with Crippen LogP contribution in [0.3, 0.4) is 0 Å². The van der Waals surface area contributed by atoms with E-state index in [0.717, 1.165) is 11.1 Å². The number of hydrogen-bond acceptors (Lipinski definition) is 3. The van der Waals surface area contributed by atoms with Crippen LogP contribution in [0.25, 0.3) is 0 Å². The Morgan fingerprint density at radius 3 is 2.74 bits per heavy atom. The van der Waals surface area contributed by atoms with Crippen LogP contribution in [0.15, 0.2) is 18.2 Å². The first-order valence-corrected chi connectivity index (χ1v) is 7.94. The Labute approximate surface area is 134 Å². The van der Waals surface area contributed by atoms with Crippen molar-refractivity contribution in [3.05, 3.63) is 35.1 Å². The zero-order valence-electron chi connectivity index (χ0n) is 13.2. The Morgan fingerprint density at radius 1 is 1.22 bits per heavy atom. The van der Waals surface area contributed by atoms with Gasteiger partial charge in [-0.25, -0.2) is 4.39 Å². The molecule has 1 atom stereocenters. The number of benzene rings is 1. The normalized spacial score (nSPS) is 24.3. The maximum atomic E-state index is 13.3. The van der Waals surface area contributed by atoms with Crippen molar-refractivity contribution in [2.24, 2.45) is 0 Å².